The minimum atomic E-state index is -0.245. The molecule has 112 valence electrons. The number of nitrogens with zero attached hydrogens (tertiary/aromatic N) is 2. The van der Waals surface area contributed by atoms with Crippen molar-refractivity contribution in [3.8, 4) is 5.75 Å². The Morgan fingerprint density at radius 3 is 2.25 bits per heavy atom. The highest BCUT2D eigenvalue weighted by atomic mass is 19.1. The molecule has 2 rings (SSSR count). The van der Waals surface area contributed by atoms with Crippen LogP contribution in [-0.2, 0) is 0 Å². The zero-order chi connectivity index (χ0) is 14.9. The van der Waals surface area contributed by atoms with Gasteiger partial charge in [0.1, 0.15) is 11.6 Å². The van der Waals surface area contributed by atoms with Crippen LogP contribution in [0.3, 0.4) is 0 Å². The zero-order valence-electron chi connectivity index (χ0n) is 13.1. The van der Waals surface area contributed by atoms with E-state index in [0.29, 0.717) is 23.9 Å². The Bertz CT molecular complexity index is 452. The van der Waals surface area contributed by atoms with Gasteiger partial charge in [0.05, 0.1) is 7.11 Å². The molecule has 4 heteroatoms. The molecule has 0 saturated carbocycles. The fourth-order valence-electron chi connectivity index (χ4n) is 3.11. The van der Waals surface area contributed by atoms with Gasteiger partial charge in [0, 0.05) is 49.0 Å². The first-order valence-electron chi connectivity index (χ1n) is 7.29. The Morgan fingerprint density at radius 1 is 1.15 bits per heavy atom. The highest BCUT2D eigenvalue weighted by Crippen LogP contribution is 2.29. The van der Waals surface area contributed by atoms with Crippen molar-refractivity contribution in [2.45, 2.75) is 45.8 Å². The normalized spacial score (nSPS) is 24.2. The van der Waals surface area contributed by atoms with E-state index in [1.165, 1.54) is 6.07 Å². The third-order valence-corrected chi connectivity index (χ3v) is 4.07. The lowest BCUT2D eigenvalue weighted by atomic mass is 10.0. The van der Waals surface area contributed by atoms with Crippen molar-refractivity contribution in [1.29, 1.82) is 0 Å². The third-order valence-electron chi connectivity index (χ3n) is 4.07. The predicted octanol–water partition coefficient (Wildman–Crippen LogP) is 3.14. The zero-order valence-corrected chi connectivity index (χ0v) is 13.1. The van der Waals surface area contributed by atoms with Gasteiger partial charge in [0.2, 0.25) is 0 Å². The standard InChI is InChI=1S/C16H25FN2O/c1-11(2)18-9-12(3)19(13(4)10-18)15-6-14(17)7-16(8-15)20-5/h6-8,11-13H,9-10H2,1-5H3. The van der Waals surface area contributed by atoms with Crippen LogP contribution in [0.5, 0.6) is 5.75 Å². The number of hydrogen-bond donors (Lipinski definition) is 0. The Balaban J connectivity index is 2.26. The summed E-state index contributed by atoms with van der Waals surface area (Å²) in [5, 5.41) is 0. The molecule has 0 bridgehead atoms. The maximum Gasteiger partial charge on any atom is 0.128 e. The second kappa shape index (κ2) is 6.00. The van der Waals surface area contributed by atoms with E-state index in [1.807, 2.05) is 6.07 Å². The molecule has 1 saturated heterocycles. The van der Waals surface area contributed by atoms with E-state index in [9.17, 15) is 4.39 Å². The number of ether oxygens (including phenoxy) is 1. The first-order valence-corrected chi connectivity index (χ1v) is 7.29. The number of halogens is 1. The summed E-state index contributed by atoms with van der Waals surface area (Å²) in [6.07, 6.45) is 0. The average molecular weight is 280 g/mol. The topological polar surface area (TPSA) is 15.7 Å². The van der Waals surface area contributed by atoms with Crippen LogP contribution in [0.2, 0.25) is 0 Å². The van der Waals surface area contributed by atoms with Crippen LogP contribution in [0, 0.1) is 5.82 Å². The highest BCUT2D eigenvalue weighted by Gasteiger charge is 2.31. The molecular formula is C16H25FN2O. The van der Waals surface area contributed by atoms with Crippen molar-refractivity contribution in [1.82, 2.24) is 4.90 Å². The van der Waals surface area contributed by atoms with Gasteiger partial charge < -0.3 is 9.64 Å². The van der Waals surface area contributed by atoms with Crippen LogP contribution in [-0.4, -0.2) is 43.2 Å². The van der Waals surface area contributed by atoms with Gasteiger partial charge in [0.15, 0.2) is 0 Å². The number of piperazine rings is 1. The van der Waals surface area contributed by atoms with E-state index in [-0.39, 0.29) is 5.82 Å². The van der Waals surface area contributed by atoms with E-state index < -0.39 is 0 Å². The van der Waals surface area contributed by atoms with E-state index in [4.69, 9.17) is 4.74 Å². The van der Waals surface area contributed by atoms with Gasteiger partial charge in [-0.1, -0.05) is 0 Å². The Labute approximate surface area is 121 Å². The first kappa shape index (κ1) is 15.1. The molecule has 1 aromatic carbocycles. The lowest BCUT2D eigenvalue weighted by molar-refractivity contribution is 0.161. The molecule has 0 aromatic heterocycles. The van der Waals surface area contributed by atoms with Gasteiger partial charge in [-0.05, 0) is 33.8 Å². The first-order chi connectivity index (χ1) is 9.42. The smallest absolute Gasteiger partial charge is 0.128 e. The average Bonchev–Trinajstić information content (AvgIpc) is 2.37. The lowest BCUT2D eigenvalue weighted by Gasteiger charge is -2.47. The minimum Gasteiger partial charge on any atom is -0.497 e. The summed E-state index contributed by atoms with van der Waals surface area (Å²) >= 11 is 0. The molecule has 20 heavy (non-hydrogen) atoms. The summed E-state index contributed by atoms with van der Waals surface area (Å²) in [6.45, 7) is 10.8. The van der Waals surface area contributed by atoms with Gasteiger partial charge >= 0.3 is 0 Å². The number of rotatable bonds is 3. The van der Waals surface area contributed by atoms with Crippen LogP contribution in [0.25, 0.3) is 0 Å². The van der Waals surface area contributed by atoms with Crippen molar-refractivity contribution >= 4 is 5.69 Å². The molecule has 0 N–H and O–H groups in total. The fourth-order valence-corrected chi connectivity index (χ4v) is 3.11. The maximum absolute atomic E-state index is 13.7. The van der Waals surface area contributed by atoms with Gasteiger partial charge in [-0.3, -0.25) is 4.90 Å². The van der Waals surface area contributed by atoms with Crippen molar-refractivity contribution in [2.75, 3.05) is 25.1 Å². The molecule has 2 unspecified atom stereocenters. The molecule has 1 fully saturated rings. The molecule has 0 spiro atoms. The summed E-state index contributed by atoms with van der Waals surface area (Å²) in [4.78, 5) is 4.77. The second-order valence-electron chi connectivity index (χ2n) is 6.00. The van der Waals surface area contributed by atoms with Gasteiger partial charge in [-0.15, -0.1) is 0 Å². The molecule has 0 amide bonds. The van der Waals surface area contributed by atoms with Crippen LogP contribution in [0.1, 0.15) is 27.7 Å². The van der Waals surface area contributed by atoms with Crippen LogP contribution in [0.4, 0.5) is 10.1 Å². The summed E-state index contributed by atoms with van der Waals surface area (Å²) in [5.41, 5.74) is 0.908. The minimum absolute atomic E-state index is 0.245. The lowest BCUT2D eigenvalue weighted by Crippen LogP contribution is -2.58. The van der Waals surface area contributed by atoms with Crippen LogP contribution in [0.15, 0.2) is 18.2 Å². The largest absolute Gasteiger partial charge is 0.497 e. The SMILES string of the molecule is COc1cc(F)cc(N2C(C)CN(C(C)C)CC2C)c1. The number of methoxy groups -OCH3 is 1. The highest BCUT2D eigenvalue weighted by molar-refractivity contribution is 5.53. The van der Waals surface area contributed by atoms with Gasteiger partial charge in [0.25, 0.3) is 0 Å². The third kappa shape index (κ3) is 3.06. The van der Waals surface area contributed by atoms with E-state index in [0.717, 1.165) is 18.8 Å². The van der Waals surface area contributed by atoms with E-state index in [2.05, 4.69) is 37.5 Å². The molecular weight excluding hydrogens is 255 g/mol. The molecule has 1 aliphatic heterocycles. The van der Waals surface area contributed by atoms with Crippen molar-refractivity contribution in [3.05, 3.63) is 24.0 Å². The van der Waals surface area contributed by atoms with E-state index >= 15 is 0 Å². The number of benzene rings is 1. The van der Waals surface area contributed by atoms with Crippen molar-refractivity contribution in [3.63, 3.8) is 0 Å². The Morgan fingerprint density at radius 2 is 1.75 bits per heavy atom. The molecule has 1 aromatic rings. The van der Waals surface area contributed by atoms with Crippen LogP contribution >= 0.6 is 0 Å². The molecule has 2 atom stereocenters. The monoisotopic (exact) mass is 280 g/mol. The van der Waals surface area contributed by atoms with Gasteiger partial charge in [-0.25, -0.2) is 4.39 Å². The van der Waals surface area contributed by atoms with Crippen LogP contribution < -0.4 is 9.64 Å². The quantitative estimate of drug-likeness (QED) is 0.846. The predicted molar refractivity (Wildman–Crippen MR) is 81.1 cm³/mol. The van der Waals surface area contributed by atoms with Crippen molar-refractivity contribution < 1.29 is 9.13 Å². The molecule has 1 heterocycles. The summed E-state index contributed by atoms with van der Waals surface area (Å²) in [7, 11) is 1.57. The Hall–Kier alpha value is -1.29. The summed E-state index contributed by atoms with van der Waals surface area (Å²) in [6, 6.07) is 6.19. The van der Waals surface area contributed by atoms with E-state index in [1.54, 1.807) is 13.2 Å². The summed E-state index contributed by atoms with van der Waals surface area (Å²) < 4.78 is 18.9. The molecule has 0 aliphatic carbocycles. The van der Waals surface area contributed by atoms with Gasteiger partial charge in [-0.2, -0.15) is 0 Å². The second-order valence-corrected chi connectivity index (χ2v) is 6.00. The number of hydrogen-bond acceptors (Lipinski definition) is 3. The fraction of sp³-hybridized carbons (Fsp3) is 0.625. The summed E-state index contributed by atoms with van der Waals surface area (Å²) in [5.74, 6) is 0.329. The van der Waals surface area contributed by atoms with Crippen molar-refractivity contribution in [2.24, 2.45) is 0 Å². The molecule has 0 radical (unpaired) electrons. The maximum atomic E-state index is 13.7. The Kier molecular flexibility index (Phi) is 4.53. The number of anilines is 1. The molecule has 1 aliphatic rings. The molecule has 3 nitrogen and oxygen atoms in total.